The van der Waals surface area contributed by atoms with Crippen LogP contribution in [0.1, 0.15) is 60.1 Å². The van der Waals surface area contributed by atoms with Crippen LogP contribution in [-0.4, -0.2) is 63.6 Å². The van der Waals surface area contributed by atoms with Crippen molar-refractivity contribution in [2.45, 2.75) is 51.2 Å². The summed E-state index contributed by atoms with van der Waals surface area (Å²) in [4.78, 5) is 33.4. The molecular formula is C26H36IN2O7P. The van der Waals surface area contributed by atoms with Crippen molar-refractivity contribution in [3.8, 4) is 5.75 Å². The summed E-state index contributed by atoms with van der Waals surface area (Å²) < 4.78 is 13.2. The number of benzene rings is 2. The molecule has 3 atom stereocenters. The molecule has 2 rings (SSSR count). The number of aliphatic hydroxyl groups is 1. The van der Waals surface area contributed by atoms with E-state index in [1.807, 2.05) is 35.6 Å². The highest BCUT2D eigenvalue weighted by Crippen LogP contribution is 2.42. The number of hydrogen-bond acceptors (Lipinski definition) is 6. The zero-order valence-corrected chi connectivity index (χ0v) is 24.0. The first-order valence-corrected chi connectivity index (χ1v) is 15.4. The molecule has 0 aliphatic heterocycles. The Morgan fingerprint density at radius 2 is 1.86 bits per heavy atom. The van der Waals surface area contributed by atoms with Crippen molar-refractivity contribution in [2.24, 2.45) is 0 Å². The van der Waals surface area contributed by atoms with Crippen LogP contribution < -0.4 is 10.6 Å². The Morgan fingerprint density at radius 1 is 1.11 bits per heavy atom. The molecule has 204 valence electrons. The second-order valence-corrected chi connectivity index (χ2v) is 12.8. The average molecular weight is 646 g/mol. The van der Waals surface area contributed by atoms with Gasteiger partial charge in [0.05, 0.1) is 21.4 Å². The molecule has 0 saturated carbocycles. The monoisotopic (exact) mass is 646 g/mol. The highest BCUT2D eigenvalue weighted by Gasteiger charge is 2.23. The Bertz CT molecular complexity index is 1100. The van der Waals surface area contributed by atoms with Crippen molar-refractivity contribution in [1.82, 2.24) is 10.6 Å². The SMILES string of the molecule is C[C@@H](NC[C@H](O)CP(=O)(O)CCCCCNC(=O)CCc1ccc(O)c(I)c1)c1cccc(C(=O)O)c1. The number of aliphatic hydroxyl groups excluding tert-OH is 1. The quantitative estimate of drug-likeness (QED) is 0.0912. The molecule has 0 fully saturated rings. The summed E-state index contributed by atoms with van der Waals surface area (Å²) in [6, 6.07) is 11.5. The van der Waals surface area contributed by atoms with Crippen LogP contribution >= 0.6 is 30.0 Å². The molecular weight excluding hydrogens is 610 g/mol. The minimum Gasteiger partial charge on any atom is -0.507 e. The number of rotatable bonds is 16. The molecule has 0 heterocycles. The number of halogens is 1. The van der Waals surface area contributed by atoms with Crippen molar-refractivity contribution >= 4 is 41.8 Å². The number of phenols is 1. The molecule has 0 aromatic heterocycles. The third kappa shape index (κ3) is 12.0. The lowest BCUT2D eigenvalue weighted by Gasteiger charge is -2.20. The summed E-state index contributed by atoms with van der Waals surface area (Å²) >= 11 is 2.04. The van der Waals surface area contributed by atoms with Gasteiger partial charge in [-0.25, -0.2) is 4.79 Å². The van der Waals surface area contributed by atoms with E-state index in [1.54, 1.807) is 30.3 Å². The summed E-state index contributed by atoms with van der Waals surface area (Å²) in [6.07, 6.45) is 1.73. The smallest absolute Gasteiger partial charge is 0.335 e. The van der Waals surface area contributed by atoms with E-state index < -0.39 is 19.4 Å². The topological polar surface area (TPSA) is 156 Å². The van der Waals surface area contributed by atoms with Gasteiger partial charge in [0.1, 0.15) is 5.75 Å². The molecule has 0 radical (unpaired) electrons. The number of nitrogens with one attached hydrogen (secondary N) is 2. The Hall–Kier alpha value is -1.98. The largest absolute Gasteiger partial charge is 0.507 e. The predicted octanol–water partition coefficient (Wildman–Crippen LogP) is 3.90. The number of carboxylic acids is 1. The maximum atomic E-state index is 12.5. The van der Waals surface area contributed by atoms with E-state index in [1.165, 1.54) is 6.07 Å². The van der Waals surface area contributed by atoms with Gasteiger partial charge in [0.2, 0.25) is 13.3 Å². The van der Waals surface area contributed by atoms with Gasteiger partial charge in [0.15, 0.2) is 0 Å². The van der Waals surface area contributed by atoms with Crippen molar-refractivity contribution in [3.63, 3.8) is 0 Å². The van der Waals surface area contributed by atoms with Gasteiger partial charge >= 0.3 is 5.97 Å². The van der Waals surface area contributed by atoms with Gasteiger partial charge in [-0.1, -0.05) is 24.6 Å². The minimum absolute atomic E-state index is 0.0598. The predicted molar refractivity (Wildman–Crippen MR) is 151 cm³/mol. The Morgan fingerprint density at radius 3 is 2.57 bits per heavy atom. The fraction of sp³-hybridized carbons (Fsp3) is 0.462. The zero-order valence-electron chi connectivity index (χ0n) is 20.9. The number of unbranched alkanes of at least 4 members (excludes halogenated alkanes) is 2. The van der Waals surface area contributed by atoms with Gasteiger partial charge < -0.3 is 30.8 Å². The number of phenolic OH excluding ortho intramolecular Hbond substituents is 1. The molecule has 6 N–H and O–H groups in total. The molecule has 0 bridgehead atoms. The van der Waals surface area contributed by atoms with Gasteiger partial charge in [-0.2, -0.15) is 0 Å². The van der Waals surface area contributed by atoms with E-state index in [9.17, 15) is 29.3 Å². The van der Waals surface area contributed by atoms with Gasteiger partial charge in [-0.05, 0) is 84.2 Å². The number of aromatic carboxylic acids is 1. The standard InChI is InChI=1S/C26H36IN2O7P/c1-18(20-6-5-7-21(15-20)26(33)34)29-16-22(30)17-37(35,36)13-4-2-3-12-28-25(32)11-9-19-8-10-24(31)23(27)14-19/h5-8,10,14-15,18,22,29-31H,2-4,9,11-13,16-17H2,1H3,(H,28,32)(H,33,34)(H,35,36)/t18-,22+/m1/s1. The molecule has 0 aliphatic rings. The van der Waals surface area contributed by atoms with Crippen molar-refractivity contribution in [1.29, 1.82) is 0 Å². The van der Waals surface area contributed by atoms with E-state index in [-0.39, 0.29) is 42.1 Å². The van der Waals surface area contributed by atoms with Gasteiger partial charge in [0.25, 0.3) is 0 Å². The van der Waals surface area contributed by atoms with Gasteiger partial charge in [-0.3, -0.25) is 9.36 Å². The first kappa shape index (κ1) is 31.2. The van der Waals surface area contributed by atoms with Gasteiger partial charge in [-0.15, -0.1) is 0 Å². The molecule has 1 amide bonds. The summed E-state index contributed by atoms with van der Waals surface area (Å²) in [5, 5.41) is 34.8. The molecule has 2 aromatic carbocycles. The normalized spacial score (nSPS) is 14.5. The second kappa shape index (κ2) is 15.4. The van der Waals surface area contributed by atoms with E-state index in [2.05, 4.69) is 10.6 Å². The van der Waals surface area contributed by atoms with E-state index in [0.29, 0.717) is 38.6 Å². The Labute approximate surface area is 231 Å². The van der Waals surface area contributed by atoms with Crippen molar-refractivity contribution in [3.05, 3.63) is 62.7 Å². The van der Waals surface area contributed by atoms with Crippen LogP contribution in [0.4, 0.5) is 0 Å². The first-order valence-electron chi connectivity index (χ1n) is 12.3. The number of carboxylic acid groups (broad SMARTS) is 1. The van der Waals surface area contributed by atoms with Crippen LogP contribution in [0, 0.1) is 3.57 Å². The van der Waals surface area contributed by atoms with E-state index in [0.717, 1.165) is 14.7 Å². The summed E-state index contributed by atoms with van der Waals surface area (Å²) in [6.45, 7) is 2.44. The summed E-state index contributed by atoms with van der Waals surface area (Å²) in [5.41, 5.74) is 1.91. The maximum Gasteiger partial charge on any atom is 0.335 e. The average Bonchev–Trinajstić information content (AvgIpc) is 2.85. The lowest BCUT2D eigenvalue weighted by Crippen LogP contribution is -2.31. The number of amides is 1. The molecule has 37 heavy (non-hydrogen) atoms. The molecule has 1 unspecified atom stereocenters. The number of hydrogen-bond donors (Lipinski definition) is 6. The van der Waals surface area contributed by atoms with Crippen LogP contribution in [0.15, 0.2) is 42.5 Å². The Balaban J connectivity index is 1.59. The second-order valence-electron chi connectivity index (χ2n) is 9.16. The minimum atomic E-state index is -3.50. The third-order valence-corrected chi connectivity index (χ3v) is 8.82. The van der Waals surface area contributed by atoms with Crippen LogP contribution in [0.25, 0.3) is 0 Å². The fourth-order valence-electron chi connectivity index (χ4n) is 3.80. The van der Waals surface area contributed by atoms with Crippen LogP contribution in [0.2, 0.25) is 0 Å². The number of aromatic hydroxyl groups is 1. The molecule has 0 saturated heterocycles. The van der Waals surface area contributed by atoms with Crippen molar-refractivity contribution in [2.75, 3.05) is 25.4 Å². The first-order chi connectivity index (χ1) is 17.5. The van der Waals surface area contributed by atoms with E-state index in [4.69, 9.17) is 5.11 Å². The van der Waals surface area contributed by atoms with Crippen LogP contribution in [0.3, 0.4) is 0 Å². The fourth-order valence-corrected chi connectivity index (χ4v) is 6.07. The summed E-state index contributed by atoms with van der Waals surface area (Å²) in [7, 11) is -3.50. The van der Waals surface area contributed by atoms with E-state index >= 15 is 0 Å². The number of carbonyl (C=O) groups is 2. The summed E-state index contributed by atoms with van der Waals surface area (Å²) in [5.74, 6) is -0.851. The number of aryl methyl sites for hydroxylation is 1. The molecule has 9 nitrogen and oxygen atoms in total. The zero-order chi connectivity index (χ0) is 27.4. The maximum absolute atomic E-state index is 12.5. The van der Waals surface area contributed by atoms with Gasteiger partial charge in [0, 0.05) is 31.7 Å². The molecule has 0 aliphatic carbocycles. The van der Waals surface area contributed by atoms with Crippen molar-refractivity contribution < 1.29 is 34.4 Å². The van der Waals surface area contributed by atoms with Crippen LogP contribution in [0.5, 0.6) is 5.75 Å². The highest BCUT2D eigenvalue weighted by molar-refractivity contribution is 14.1. The highest BCUT2D eigenvalue weighted by atomic mass is 127. The van der Waals surface area contributed by atoms with Crippen LogP contribution in [-0.2, 0) is 15.8 Å². The lowest BCUT2D eigenvalue weighted by atomic mass is 10.1. The Kier molecular flexibility index (Phi) is 13.0. The molecule has 11 heteroatoms. The number of carbonyl (C=O) groups excluding carboxylic acids is 1. The molecule has 0 spiro atoms. The lowest BCUT2D eigenvalue weighted by molar-refractivity contribution is -0.121. The third-order valence-electron chi connectivity index (χ3n) is 5.95. The molecule has 2 aromatic rings.